The van der Waals surface area contributed by atoms with Gasteiger partial charge in [-0.3, -0.25) is 9.78 Å². The van der Waals surface area contributed by atoms with Gasteiger partial charge in [0.05, 0.1) is 28.2 Å². The molecule has 0 aliphatic rings. The van der Waals surface area contributed by atoms with Crippen LogP contribution >= 0.6 is 0 Å². The molecule has 0 aliphatic heterocycles. The van der Waals surface area contributed by atoms with E-state index < -0.39 is 28.4 Å². The van der Waals surface area contributed by atoms with Crippen LogP contribution in [0.25, 0.3) is 33.8 Å². The Bertz CT molecular complexity index is 1840. The van der Waals surface area contributed by atoms with Gasteiger partial charge in [0, 0.05) is 41.2 Å². The third-order valence-electron chi connectivity index (χ3n) is 7.23. The highest BCUT2D eigenvalue weighted by Gasteiger charge is 2.18. The van der Waals surface area contributed by atoms with E-state index in [1.165, 1.54) is 0 Å². The zero-order valence-electron chi connectivity index (χ0n) is 25.2. The number of ether oxygens (including phenoxy) is 1. The zero-order chi connectivity index (χ0) is 31.8. The quantitative estimate of drug-likeness (QED) is 0.144. The number of carbonyl (C=O) groups is 1. The first-order valence-corrected chi connectivity index (χ1v) is 16.3. The van der Waals surface area contributed by atoms with Crippen molar-refractivity contribution >= 4 is 15.9 Å². The Balaban J connectivity index is 1.21. The highest BCUT2D eigenvalue weighted by atomic mass is 32.2. The lowest BCUT2D eigenvalue weighted by atomic mass is 10.0. The summed E-state index contributed by atoms with van der Waals surface area (Å²) >= 11 is 0. The van der Waals surface area contributed by atoms with Gasteiger partial charge in [-0.15, -0.1) is 0 Å². The lowest BCUT2D eigenvalue weighted by Gasteiger charge is -2.13. The van der Waals surface area contributed by atoms with Crippen molar-refractivity contribution in [1.29, 1.82) is 0 Å². The lowest BCUT2D eigenvalue weighted by molar-refractivity contribution is -0.123. The van der Waals surface area contributed by atoms with E-state index >= 15 is 0 Å². The SMILES string of the molecule is CC(C)n1cc(-c2cnc(-c3ccccc3)c(-c3ccccc3)n2)cc1CCCCOCC(=O)NS(=O)(=O)c1ccc(F)cc1. The summed E-state index contributed by atoms with van der Waals surface area (Å²) in [7, 11) is -4.09. The van der Waals surface area contributed by atoms with E-state index in [-0.39, 0.29) is 10.9 Å². The van der Waals surface area contributed by atoms with Crippen molar-refractivity contribution < 1.29 is 22.3 Å². The minimum atomic E-state index is -4.09. The fourth-order valence-electron chi connectivity index (χ4n) is 5.01. The van der Waals surface area contributed by atoms with Crippen molar-refractivity contribution in [2.75, 3.05) is 13.2 Å². The maximum atomic E-state index is 13.1. The van der Waals surface area contributed by atoms with Crippen LogP contribution in [0.4, 0.5) is 4.39 Å². The Morgan fingerprint density at radius 3 is 2.18 bits per heavy atom. The molecule has 45 heavy (non-hydrogen) atoms. The predicted octanol–water partition coefficient (Wildman–Crippen LogP) is 6.84. The third kappa shape index (κ3) is 8.09. The molecular formula is C35H35FN4O4S. The third-order valence-corrected chi connectivity index (χ3v) is 8.62. The summed E-state index contributed by atoms with van der Waals surface area (Å²) in [6.45, 7) is 4.17. The number of amides is 1. The van der Waals surface area contributed by atoms with Crippen LogP contribution in [0.5, 0.6) is 0 Å². The number of rotatable bonds is 13. The Labute approximate surface area is 263 Å². The summed E-state index contributed by atoms with van der Waals surface area (Å²) < 4.78 is 47.3. The molecule has 0 radical (unpaired) electrons. The van der Waals surface area contributed by atoms with Crippen molar-refractivity contribution in [3.63, 3.8) is 0 Å². The first-order valence-electron chi connectivity index (χ1n) is 14.8. The Kier molecular flexibility index (Phi) is 10.2. The molecule has 0 fully saturated rings. The van der Waals surface area contributed by atoms with Crippen LogP contribution in [0.2, 0.25) is 0 Å². The molecule has 0 atom stereocenters. The summed E-state index contributed by atoms with van der Waals surface area (Å²) in [6, 6.07) is 26.7. The number of nitrogens with one attached hydrogen (secondary N) is 1. The summed E-state index contributed by atoms with van der Waals surface area (Å²) in [5, 5.41) is 0. The maximum absolute atomic E-state index is 13.1. The number of carbonyl (C=O) groups excluding carboxylic acids is 1. The number of sulfonamides is 1. The molecule has 0 bridgehead atoms. The normalized spacial score (nSPS) is 11.6. The van der Waals surface area contributed by atoms with Crippen molar-refractivity contribution in [2.45, 2.75) is 44.0 Å². The number of hydrogen-bond acceptors (Lipinski definition) is 6. The van der Waals surface area contributed by atoms with Crippen LogP contribution in [0.3, 0.4) is 0 Å². The second kappa shape index (κ2) is 14.4. The minimum Gasteiger partial charge on any atom is -0.372 e. The van der Waals surface area contributed by atoms with Crippen LogP contribution in [-0.2, 0) is 26.0 Å². The molecule has 5 aromatic rings. The number of benzene rings is 3. The Morgan fingerprint density at radius 2 is 1.53 bits per heavy atom. The molecule has 0 aliphatic carbocycles. The fraction of sp³-hybridized carbons (Fsp3) is 0.229. The van der Waals surface area contributed by atoms with E-state index in [1.807, 2.05) is 71.6 Å². The van der Waals surface area contributed by atoms with Crippen LogP contribution in [0, 0.1) is 5.82 Å². The number of aryl methyl sites for hydroxylation is 1. The van der Waals surface area contributed by atoms with Crippen LogP contribution in [-0.4, -0.2) is 42.1 Å². The van der Waals surface area contributed by atoms with Gasteiger partial charge in [-0.05, 0) is 63.4 Å². The van der Waals surface area contributed by atoms with Gasteiger partial charge < -0.3 is 9.30 Å². The average molecular weight is 627 g/mol. The van der Waals surface area contributed by atoms with E-state index in [0.717, 1.165) is 76.6 Å². The molecule has 10 heteroatoms. The summed E-state index contributed by atoms with van der Waals surface area (Å²) in [4.78, 5) is 21.9. The largest absolute Gasteiger partial charge is 0.372 e. The van der Waals surface area contributed by atoms with E-state index in [4.69, 9.17) is 14.7 Å². The Morgan fingerprint density at radius 1 is 0.889 bits per heavy atom. The van der Waals surface area contributed by atoms with Gasteiger partial charge in [-0.2, -0.15) is 0 Å². The molecule has 8 nitrogen and oxygen atoms in total. The molecule has 1 N–H and O–H groups in total. The monoisotopic (exact) mass is 626 g/mol. The predicted molar refractivity (Wildman–Crippen MR) is 172 cm³/mol. The van der Waals surface area contributed by atoms with Gasteiger partial charge in [0.1, 0.15) is 12.4 Å². The zero-order valence-corrected chi connectivity index (χ0v) is 26.0. The van der Waals surface area contributed by atoms with Crippen molar-refractivity contribution in [3.8, 4) is 33.8 Å². The van der Waals surface area contributed by atoms with Gasteiger partial charge >= 0.3 is 0 Å². The van der Waals surface area contributed by atoms with Gasteiger partial charge in [-0.1, -0.05) is 60.7 Å². The summed E-state index contributed by atoms with van der Waals surface area (Å²) in [5.41, 5.74) is 6.58. The van der Waals surface area contributed by atoms with Gasteiger partial charge in [0.2, 0.25) is 0 Å². The summed E-state index contributed by atoms with van der Waals surface area (Å²) in [5.74, 6) is -1.35. The topological polar surface area (TPSA) is 103 Å². The van der Waals surface area contributed by atoms with Crippen LogP contribution < -0.4 is 4.72 Å². The van der Waals surface area contributed by atoms with Crippen LogP contribution in [0.15, 0.2) is 108 Å². The van der Waals surface area contributed by atoms with Gasteiger partial charge in [-0.25, -0.2) is 22.5 Å². The average Bonchev–Trinajstić information content (AvgIpc) is 3.48. The molecule has 0 saturated carbocycles. The van der Waals surface area contributed by atoms with Crippen molar-refractivity contribution in [3.05, 3.63) is 115 Å². The summed E-state index contributed by atoms with van der Waals surface area (Å²) in [6.07, 6.45) is 6.21. The first kappa shape index (κ1) is 31.7. The highest BCUT2D eigenvalue weighted by Crippen LogP contribution is 2.32. The number of hydrogen-bond donors (Lipinski definition) is 1. The number of aromatic nitrogens is 3. The number of halogens is 1. The van der Waals surface area contributed by atoms with E-state index in [0.29, 0.717) is 13.0 Å². The highest BCUT2D eigenvalue weighted by molar-refractivity contribution is 7.90. The van der Waals surface area contributed by atoms with E-state index in [2.05, 4.69) is 30.7 Å². The maximum Gasteiger partial charge on any atom is 0.264 e. The molecule has 2 heterocycles. The molecule has 2 aromatic heterocycles. The number of nitrogens with zero attached hydrogens (tertiary/aromatic N) is 3. The fourth-order valence-corrected chi connectivity index (χ4v) is 5.98. The number of unbranched alkanes of at least 4 members (excludes halogenated alkanes) is 1. The van der Waals surface area contributed by atoms with E-state index in [9.17, 15) is 17.6 Å². The van der Waals surface area contributed by atoms with Crippen molar-refractivity contribution in [2.24, 2.45) is 0 Å². The molecule has 5 rings (SSSR count). The molecule has 0 saturated heterocycles. The Hall–Kier alpha value is -4.67. The molecule has 0 spiro atoms. The first-order chi connectivity index (χ1) is 21.7. The van der Waals surface area contributed by atoms with Crippen molar-refractivity contribution in [1.82, 2.24) is 19.3 Å². The molecular weight excluding hydrogens is 591 g/mol. The molecule has 0 unspecified atom stereocenters. The molecule has 3 aromatic carbocycles. The van der Waals surface area contributed by atoms with Crippen LogP contribution in [0.1, 0.15) is 38.4 Å². The lowest BCUT2D eigenvalue weighted by Crippen LogP contribution is -2.33. The molecule has 1 amide bonds. The van der Waals surface area contributed by atoms with Gasteiger partial charge in [0.15, 0.2) is 0 Å². The van der Waals surface area contributed by atoms with Gasteiger partial charge in [0.25, 0.3) is 15.9 Å². The molecule has 232 valence electrons. The minimum absolute atomic E-state index is 0.195. The smallest absolute Gasteiger partial charge is 0.264 e. The second-order valence-electron chi connectivity index (χ2n) is 10.9. The standard InChI is InChI=1S/C35H35FN4O4S/c1-25(2)40-23-28(32-22-37-34(26-11-5-3-6-12-26)35(38-32)27-13-7-4-8-14-27)21-30(40)15-9-10-20-44-24-33(41)39-45(42,43)31-18-16-29(36)17-19-31/h3-8,11-14,16-19,21-23,25H,9-10,15,20,24H2,1-2H3,(H,39,41). The second-order valence-corrected chi connectivity index (χ2v) is 12.6. The van der Waals surface area contributed by atoms with E-state index in [1.54, 1.807) is 0 Å².